The molecule has 0 N–H and O–H groups in total. The minimum absolute atomic E-state index is 0.902. The lowest BCUT2D eigenvalue weighted by atomic mass is 10.1. The van der Waals surface area contributed by atoms with Crippen molar-refractivity contribution in [2.75, 3.05) is 6.54 Å². The van der Waals surface area contributed by atoms with Gasteiger partial charge in [-0.15, -0.1) is 0 Å². The first kappa shape index (κ1) is 5.10. The van der Waals surface area contributed by atoms with Crippen molar-refractivity contribution in [2.45, 2.75) is 12.8 Å². The third kappa shape index (κ3) is 0.995. The van der Waals surface area contributed by atoms with Crippen molar-refractivity contribution in [3.05, 3.63) is 23.9 Å². The fraction of sp³-hybridized carbons (Fsp3) is 0.500. The van der Waals surface area contributed by atoms with Gasteiger partial charge in [0.1, 0.15) is 0 Å². The largest absolute Gasteiger partial charge is 0.289 e. The molecule has 1 heteroatoms. The van der Waals surface area contributed by atoms with Gasteiger partial charge in [0.25, 0.3) is 0 Å². The van der Waals surface area contributed by atoms with Crippen molar-refractivity contribution in [1.29, 1.82) is 0 Å². The monoisotopic (exact) mass is 120 g/mol. The van der Waals surface area contributed by atoms with Crippen LogP contribution in [-0.4, -0.2) is 6.54 Å². The molecule has 1 heterocycles. The van der Waals surface area contributed by atoms with Gasteiger partial charge >= 0.3 is 0 Å². The molecule has 1 nitrogen and oxygen atoms in total. The molecule has 0 aromatic carbocycles. The summed E-state index contributed by atoms with van der Waals surface area (Å²) in [5.41, 5.74) is 1.54. The Labute approximate surface area is 55.5 Å². The average molecular weight is 120 g/mol. The molecule has 0 saturated heterocycles. The van der Waals surface area contributed by atoms with Gasteiger partial charge < -0.3 is 0 Å². The van der Waals surface area contributed by atoms with Crippen LogP contribution in [0.5, 0.6) is 0 Å². The molecule has 0 spiro atoms. The van der Waals surface area contributed by atoms with Crippen LogP contribution in [0, 0.1) is 5.92 Å². The lowest BCUT2D eigenvalue weighted by molar-refractivity contribution is 0.826. The molecule has 9 heavy (non-hydrogen) atoms. The Bertz CT molecular complexity index is 163. The zero-order valence-corrected chi connectivity index (χ0v) is 5.38. The third-order valence-electron chi connectivity index (χ3n) is 1.88. The van der Waals surface area contributed by atoms with Gasteiger partial charge in [-0.25, -0.2) is 0 Å². The van der Waals surface area contributed by atoms with E-state index in [0.29, 0.717) is 0 Å². The van der Waals surface area contributed by atoms with Crippen LogP contribution in [0.4, 0.5) is 0 Å². The van der Waals surface area contributed by atoms with Gasteiger partial charge in [-0.2, -0.15) is 0 Å². The molecule has 1 aliphatic heterocycles. The van der Waals surface area contributed by atoms with Crippen LogP contribution in [0.15, 0.2) is 23.9 Å². The number of hydrogen-bond donors (Lipinski definition) is 0. The standard InChI is InChI=1S/C8H10N/c1-2-8(6-9-5-1)7-3-4-7/h1-2,5,7H,3-4,6H2. The highest BCUT2D eigenvalue weighted by atomic mass is 14.8. The van der Waals surface area contributed by atoms with Crippen molar-refractivity contribution in [2.24, 2.45) is 5.92 Å². The highest BCUT2D eigenvalue weighted by Crippen LogP contribution is 2.36. The summed E-state index contributed by atoms with van der Waals surface area (Å²) in [4.78, 5) is 0. The van der Waals surface area contributed by atoms with E-state index >= 15 is 0 Å². The van der Waals surface area contributed by atoms with E-state index in [4.69, 9.17) is 0 Å². The summed E-state index contributed by atoms with van der Waals surface area (Å²) in [5, 5.41) is 4.17. The van der Waals surface area contributed by atoms with Crippen LogP contribution in [0.3, 0.4) is 0 Å². The predicted octanol–water partition coefficient (Wildman–Crippen LogP) is 1.45. The molecule has 1 aliphatic carbocycles. The molecule has 0 bridgehead atoms. The second-order valence-electron chi connectivity index (χ2n) is 2.70. The van der Waals surface area contributed by atoms with E-state index < -0.39 is 0 Å². The van der Waals surface area contributed by atoms with Crippen LogP contribution >= 0.6 is 0 Å². The van der Waals surface area contributed by atoms with Crippen LogP contribution in [0.2, 0.25) is 0 Å². The van der Waals surface area contributed by atoms with E-state index in [1.165, 1.54) is 18.4 Å². The van der Waals surface area contributed by atoms with Gasteiger partial charge in [0.2, 0.25) is 0 Å². The van der Waals surface area contributed by atoms with Crippen molar-refractivity contribution < 1.29 is 0 Å². The third-order valence-corrected chi connectivity index (χ3v) is 1.88. The fourth-order valence-electron chi connectivity index (χ4n) is 1.16. The van der Waals surface area contributed by atoms with Crippen molar-refractivity contribution in [3.63, 3.8) is 0 Å². The minimum atomic E-state index is 0.902. The molecule has 1 radical (unpaired) electrons. The molecule has 1 fully saturated rings. The van der Waals surface area contributed by atoms with E-state index in [9.17, 15) is 0 Å². The Morgan fingerprint density at radius 2 is 2.33 bits per heavy atom. The van der Waals surface area contributed by atoms with Crippen LogP contribution in [0.1, 0.15) is 12.8 Å². The topological polar surface area (TPSA) is 14.1 Å². The average Bonchev–Trinajstić information content (AvgIpc) is 2.71. The molecule has 0 atom stereocenters. The van der Waals surface area contributed by atoms with Gasteiger partial charge in [0.05, 0.1) is 6.54 Å². The molecule has 0 aromatic rings. The molecule has 0 aromatic heterocycles. The summed E-state index contributed by atoms with van der Waals surface area (Å²) in [6.07, 6.45) is 8.93. The maximum atomic E-state index is 4.17. The summed E-state index contributed by atoms with van der Waals surface area (Å²) in [6, 6.07) is 0. The zero-order chi connectivity index (χ0) is 6.10. The lowest BCUT2D eigenvalue weighted by Gasteiger charge is -2.05. The Morgan fingerprint density at radius 3 is 2.89 bits per heavy atom. The predicted molar refractivity (Wildman–Crippen MR) is 36.9 cm³/mol. The van der Waals surface area contributed by atoms with Crippen LogP contribution in [0.25, 0.3) is 0 Å². The maximum Gasteiger partial charge on any atom is 0.0605 e. The molecule has 1 saturated carbocycles. The second-order valence-corrected chi connectivity index (χ2v) is 2.70. The van der Waals surface area contributed by atoms with E-state index in [0.717, 1.165) is 12.5 Å². The van der Waals surface area contributed by atoms with Crippen molar-refractivity contribution in [1.82, 2.24) is 5.32 Å². The fourth-order valence-corrected chi connectivity index (χ4v) is 1.16. The smallest absolute Gasteiger partial charge is 0.0605 e. The highest BCUT2D eigenvalue weighted by molar-refractivity contribution is 5.23. The van der Waals surface area contributed by atoms with E-state index in [2.05, 4.69) is 11.4 Å². The van der Waals surface area contributed by atoms with Crippen LogP contribution in [-0.2, 0) is 0 Å². The molecule has 47 valence electrons. The Hall–Kier alpha value is -0.720. The summed E-state index contributed by atoms with van der Waals surface area (Å²) >= 11 is 0. The highest BCUT2D eigenvalue weighted by Gasteiger charge is 2.25. The second kappa shape index (κ2) is 1.90. The first-order valence-electron chi connectivity index (χ1n) is 3.49. The van der Waals surface area contributed by atoms with Gasteiger partial charge in [0, 0.05) is 6.20 Å². The van der Waals surface area contributed by atoms with Crippen LogP contribution < -0.4 is 5.32 Å². The molecular weight excluding hydrogens is 110 g/mol. The van der Waals surface area contributed by atoms with Crippen molar-refractivity contribution >= 4 is 0 Å². The summed E-state index contributed by atoms with van der Waals surface area (Å²) in [7, 11) is 0. The normalized spacial score (nSPS) is 25.1. The lowest BCUT2D eigenvalue weighted by Crippen LogP contribution is -2.06. The van der Waals surface area contributed by atoms with Gasteiger partial charge in [0.15, 0.2) is 0 Å². The SMILES string of the molecule is C1=C[N]CC(C2CC2)=C1. The Balaban J connectivity index is 2.07. The summed E-state index contributed by atoms with van der Waals surface area (Å²) in [5.74, 6) is 0.902. The first-order valence-corrected chi connectivity index (χ1v) is 3.49. The Morgan fingerprint density at radius 1 is 1.44 bits per heavy atom. The number of rotatable bonds is 1. The quantitative estimate of drug-likeness (QED) is 0.497. The Kier molecular flexibility index (Phi) is 1.08. The van der Waals surface area contributed by atoms with E-state index in [-0.39, 0.29) is 0 Å². The first-order chi connectivity index (χ1) is 4.47. The molecule has 0 amide bonds. The zero-order valence-electron chi connectivity index (χ0n) is 5.38. The molecule has 0 unspecified atom stereocenters. The van der Waals surface area contributed by atoms with Gasteiger partial charge in [-0.05, 0) is 30.4 Å². The maximum absolute atomic E-state index is 4.17. The van der Waals surface area contributed by atoms with E-state index in [1.807, 2.05) is 12.3 Å². The molecular formula is C8H10N. The number of nitrogens with zero attached hydrogens (tertiary/aromatic N) is 1. The van der Waals surface area contributed by atoms with Gasteiger partial charge in [-0.3, -0.25) is 5.32 Å². The van der Waals surface area contributed by atoms with Gasteiger partial charge in [-0.1, -0.05) is 6.08 Å². The summed E-state index contributed by atoms with van der Waals surface area (Å²) in [6.45, 7) is 0.959. The number of hydrogen-bond acceptors (Lipinski definition) is 0. The summed E-state index contributed by atoms with van der Waals surface area (Å²) < 4.78 is 0. The molecule has 2 aliphatic rings. The van der Waals surface area contributed by atoms with E-state index in [1.54, 1.807) is 0 Å². The minimum Gasteiger partial charge on any atom is -0.289 e. The number of allylic oxidation sites excluding steroid dienone is 2. The van der Waals surface area contributed by atoms with Crippen molar-refractivity contribution in [3.8, 4) is 0 Å². The molecule has 2 rings (SSSR count).